The largest absolute Gasteiger partial charge is 0.504 e. The average molecular weight is 402 g/mol. The number of hydrogen-bond acceptors (Lipinski definition) is 7. The second-order valence-electron chi connectivity index (χ2n) is 6.81. The van der Waals surface area contributed by atoms with Crippen LogP contribution in [0.2, 0.25) is 0 Å². The lowest BCUT2D eigenvalue weighted by molar-refractivity contribution is -0.144. The molecule has 0 heterocycles. The summed E-state index contributed by atoms with van der Waals surface area (Å²) in [6.45, 7) is 0. The molecule has 154 valence electrons. The quantitative estimate of drug-likeness (QED) is 0.630. The van der Waals surface area contributed by atoms with E-state index in [9.17, 15) is 24.9 Å². The molecule has 0 saturated carbocycles. The topological polar surface area (TPSA) is 123 Å². The molecule has 0 aromatic heterocycles. The molecule has 3 rings (SSSR count). The predicted molar refractivity (Wildman–Crippen MR) is 102 cm³/mol. The number of carboxylic acids is 1. The van der Waals surface area contributed by atoms with Crippen LogP contribution in [-0.2, 0) is 14.3 Å². The number of phenolic OH excluding ortho intramolecular Hbond substituents is 2. The number of phenols is 2. The number of rotatable bonds is 6. The Kier molecular flexibility index (Phi) is 5.54. The van der Waals surface area contributed by atoms with Gasteiger partial charge in [-0.1, -0.05) is 6.07 Å². The maximum Gasteiger partial charge on any atom is 0.308 e. The second-order valence-corrected chi connectivity index (χ2v) is 6.81. The summed E-state index contributed by atoms with van der Waals surface area (Å²) in [6.07, 6.45) is -0.139. The van der Waals surface area contributed by atoms with Crippen molar-refractivity contribution in [2.45, 2.75) is 18.3 Å². The Labute approximate surface area is 167 Å². The van der Waals surface area contributed by atoms with Gasteiger partial charge in [0, 0.05) is 11.8 Å². The van der Waals surface area contributed by atoms with Gasteiger partial charge in [0.25, 0.3) is 0 Å². The molecule has 0 bridgehead atoms. The molecule has 0 aliphatic heterocycles. The SMILES string of the molecule is COC(=O)C[C@@H]1c2cc(OC)c(O)cc2[C@@H](c2ccc(O)c(OC)c2)[C@@H]1C(=O)O. The van der Waals surface area contributed by atoms with E-state index in [1.54, 1.807) is 18.2 Å². The fourth-order valence-corrected chi connectivity index (χ4v) is 4.06. The molecule has 3 atom stereocenters. The Morgan fingerprint density at radius 1 is 0.931 bits per heavy atom. The van der Waals surface area contributed by atoms with Crippen molar-refractivity contribution in [3.8, 4) is 23.0 Å². The molecule has 0 spiro atoms. The third kappa shape index (κ3) is 3.53. The van der Waals surface area contributed by atoms with E-state index in [0.717, 1.165) is 0 Å². The highest BCUT2D eigenvalue weighted by Gasteiger charge is 2.47. The highest BCUT2D eigenvalue weighted by Crippen LogP contribution is 2.54. The van der Waals surface area contributed by atoms with Crippen molar-refractivity contribution in [3.05, 3.63) is 47.0 Å². The number of ether oxygens (including phenoxy) is 3. The fraction of sp³-hybridized carbons (Fsp3) is 0.333. The maximum atomic E-state index is 12.3. The first-order valence-electron chi connectivity index (χ1n) is 8.89. The molecule has 0 saturated heterocycles. The summed E-state index contributed by atoms with van der Waals surface area (Å²) >= 11 is 0. The van der Waals surface area contributed by atoms with Gasteiger partial charge >= 0.3 is 11.9 Å². The first-order chi connectivity index (χ1) is 13.8. The van der Waals surface area contributed by atoms with Gasteiger partial charge in [-0.2, -0.15) is 0 Å². The smallest absolute Gasteiger partial charge is 0.308 e. The molecule has 29 heavy (non-hydrogen) atoms. The Morgan fingerprint density at radius 3 is 2.17 bits per heavy atom. The zero-order valence-electron chi connectivity index (χ0n) is 16.2. The second kappa shape index (κ2) is 7.90. The summed E-state index contributed by atoms with van der Waals surface area (Å²) in [5.41, 5.74) is 1.73. The van der Waals surface area contributed by atoms with Crippen LogP contribution in [0.15, 0.2) is 30.3 Å². The monoisotopic (exact) mass is 402 g/mol. The number of methoxy groups -OCH3 is 3. The number of carboxylic acid groups (broad SMARTS) is 1. The fourth-order valence-electron chi connectivity index (χ4n) is 4.06. The summed E-state index contributed by atoms with van der Waals surface area (Å²) < 4.78 is 15.1. The molecule has 0 fully saturated rings. The summed E-state index contributed by atoms with van der Waals surface area (Å²) in [6, 6.07) is 7.60. The molecule has 1 aliphatic carbocycles. The van der Waals surface area contributed by atoms with Gasteiger partial charge in [-0.15, -0.1) is 0 Å². The predicted octanol–water partition coefficient (Wildman–Crippen LogP) is 2.61. The molecule has 1 aliphatic rings. The van der Waals surface area contributed by atoms with E-state index in [1.165, 1.54) is 33.5 Å². The molecular formula is C21H22O8. The van der Waals surface area contributed by atoms with E-state index in [4.69, 9.17) is 14.2 Å². The van der Waals surface area contributed by atoms with Crippen LogP contribution in [0.5, 0.6) is 23.0 Å². The van der Waals surface area contributed by atoms with Crippen molar-refractivity contribution in [1.82, 2.24) is 0 Å². The first-order valence-corrected chi connectivity index (χ1v) is 8.89. The molecule has 8 heteroatoms. The zero-order valence-corrected chi connectivity index (χ0v) is 16.2. The molecular weight excluding hydrogens is 380 g/mol. The minimum atomic E-state index is -1.09. The minimum absolute atomic E-state index is 0.0787. The Hall–Kier alpha value is -3.42. The summed E-state index contributed by atoms with van der Waals surface area (Å²) in [4.78, 5) is 24.3. The van der Waals surface area contributed by atoms with Gasteiger partial charge in [0.05, 0.1) is 33.7 Å². The zero-order chi connectivity index (χ0) is 21.3. The van der Waals surface area contributed by atoms with E-state index in [-0.39, 0.29) is 29.4 Å². The Bertz CT molecular complexity index is 952. The number of carbonyl (C=O) groups excluding carboxylic acids is 1. The molecule has 3 N–H and O–H groups in total. The van der Waals surface area contributed by atoms with E-state index >= 15 is 0 Å². The number of fused-ring (bicyclic) bond motifs is 1. The average Bonchev–Trinajstić information content (AvgIpc) is 3.00. The van der Waals surface area contributed by atoms with E-state index in [0.29, 0.717) is 16.7 Å². The van der Waals surface area contributed by atoms with E-state index in [2.05, 4.69) is 0 Å². The summed E-state index contributed by atoms with van der Waals surface area (Å²) in [5.74, 6) is -3.82. The number of carbonyl (C=O) groups is 2. The van der Waals surface area contributed by atoms with Crippen molar-refractivity contribution in [2.24, 2.45) is 5.92 Å². The van der Waals surface area contributed by atoms with Gasteiger partial charge in [-0.3, -0.25) is 9.59 Å². The van der Waals surface area contributed by atoms with E-state index in [1.807, 2.05) is 0 Å². The summed E-state index contributed by atoms with van der Waals surface area (Å²) in [5, 5.41) is 30.2. The number of esters is 1. The van der Waals surface area contributed by atoms with Crippen molar-refractivity contribution in [3.63, 3.8) is 0 Å². The third-order valence-corrected chi connectivity index (χ3v) is 5.37. The van der Waals surface area contributed by atoms with Crippen LogP contribution in [-0.4, -0.2) is 48.6 Å². The van der Waals surface area contributed by atoms with Crippen LogP contribution >= 0.6 is 0 Å². The van der Waals surface area contributed by atoms with E-state index < -0.39 is 29.7 Å². The molecule has 2 aromatic rings. The number of hydrogen-bond donors (Lipinski definition) is 3. The van der Waals surface area contributed by atoms with Crippen LogP contribution in [0.1, 0.15) is 34.9 Å². The normalized spacial score (nSPS) is 20.0. The molecule has 0 radical (unpaired) electrons. The maximum absolute atomic E-state index is 12.3. The Morgan fingerprint density at radius 2 is 1.59 bits per heavy atom. The van der Waals surface area contributed by atoms with Crippen molar-refractivity contribution in [1.29, 1.82) is 0 Å². The lowest BCUT2D eigenvalue weighted by Crippen LogP contribution is -2.25. The minimum Gasteiger partial charge on any atom is -0.504 e. The molecule has 8 nitrogen and oxygen atoms in total. The van der Waals surface area contributed by atoms with Crippen LogP contribution in [0.3, 0.4) is 0 Å². The van der Waals surface area contributed by atoms with Crippen LogP contribution in [0, 0.1) is 5.92 Å². The number of benzene rings is 2. The highest BCUT2D eigenvalue weighted by molar-refractivity contribution is 5.80. The van der Waals surface area contributed by atoms with Crippen molar-refractivity contribution in [2.75, 3.05) is 21.3 Å². The summed E-state index contributed by atoms with van der Waals surface area (Å²) in [7, 11) is 4.03. The van der Waals surface area contributed by atoms with Gasteiger partial charge in [0.2, 0.25) is 0 Å². The highest BCUT2D eigenvalue weighted by atomic mass is 16.5. The lowest BCUT2D eigenvalue weighted by Gasteiger charge is -2.22. The third-order valence-electron chi connectivity index (χ3n) is 5.37. The van der Waals surface area contributed by atoms with Crippen LogP contribution < -0.4 is 9.47 Å². The Balaban J connectivity index is 2.23. The van der Waals surface area contributed by atoms with Gasteiger partial charge in [-0.25, -0.2) is 0 Å². The van der Waals surface area contributed by atoms with Crippen molar-refractivity contribution >= 4 is 11.9 Å². The van der Waals surface area contributed by atoms with Crippen LogP contribution in [0.25, 0.3) is 0 Å². The molecule has 0 amide bonds. The van der Waals surface area contributed by atoms with Crippen LogP contribution in [0.4, 0.5) is 0 Å². The van der Waals surface area contributed by atoms with Gasteiger partial charge < -0.3 is 29.5 Å². The standard InChI is InChI=1S/C21H22O8/c1-27-16-6-10(4-5-14(16)22)19-12-7-15(23)17(28-2)8-11(12)13(9-18(24)29-3)20(19)21(25)26/h4-8,13,19-20,22-23H,9H2,1-3H3,(H,25,26)/t13-,19-,20-/m1/s1. The van der Waals surface area contributed by atoms with Gasteiger partial charge in [0.15, 0.2) is 23.0 Å². The number of aromatic hydroxyl groups is 2. The first kappa shape index (κ1) is 20.3. The molecule has 0 unspecified atom stereocenters. The lowest BCUT2D eigenvalue weighted by atomic mass is 9.81. The number of aliphatic carboxylic acids is 1. The molecule has 2 aromatic carbocycles. The van der Waals surface area contributed by atoms with Gasteiger partial charge in [-0.05, 0) is 41.0 Å². The van der Waals surface area contributed by atoms with Crippen molar-refractivity contribution < 1.29 is 39.1 Å². The van der Waals surface area contributed by atoms with Gasteiger partial charge in [0.1, 0.15) is 0 Å².